The number of rotatable bonds is 3. The molecule has 29 heavy (non-hydrogen) atoms. The molecule has 0 bridgehead atoms. The standard InChI is InChI=1S/C20H21N5O2S2/c26-18(17-22-13-7-3-4-8-15(13)28-17)25-10-9-14-16(11-25)29-20(23-14)24-19(27)21-12-5-1-2-6-12/h3-4,7-8,12H,1-2,5-6,9-11H2,(H2,21,23,24,27). The van der Waals surface area contributed by atoms with Crippen LogP contribution < -0.4 is 10.6 Å². The third-order valence-corrected chi connectivity index (χ3v) is 7.43. The van der Waals surface area contributed by atoms with E-state index >= 15 is 0 Å². The summed E-state index contributed by atoms with van der Waals surface area (Å²) in [4.78, 5) is 37.0. The molecular formula is C20H21N5O2S2. The summed E-state index contributed by atoms with van der Waals surface area (Å²) in [5.41, 5.74) is 1.83. The minimum Gasteiger partial charge on any atom is -0.335 e. The molecule has 3 heterocycles. The van der Waals surface area contributed by atoms with Crippen LogP contribution in [0.4, 0.5) is 9.93 Å². The maximum absolute atomic E-state index is 12.9. The zero-order chi connectivity index (χ0) is 19.8. The lowest BCUT2D eigenvalue weighted by molar-refractivity contribution is 0.0736. The number of carbonyl (C=O) groups excluding carboxylic acids is 2. The van der Waals surface area contributed by atoms with E-state index in [2.05, 4.69) is 20.6 Å². The monoisotopic (exact) mass is 427 g/mol. The number of para-hydroxylation sites is 1. The van der Waals surface area contributed by atoms with Crippen LogP contribution in [-0.2, 0) is 13.0 Å². The summed E-state index contributed by atoms with van der Waals surface area (Å²) >= 11 is 2.88. The number of aromatic nitrogens is 2. The molecule has 2 aliphatic rings. The van der Waals surface area contributed by atoms with E-state index in [1.165, 1.54) is 35.5 Å². The van der Waals surface area contributed by atoms with Crippen molar-refractivity contribution in [3.8, 4) is 0 Å². The predicted octanol–water partition coefficient (Wildman–Crippen LogP) is 4.02. The van der Waals surface area contributed by atoms with Crippen LogP contribution in [0.1, 0.15) is 46.1 Å². The molecule has 150 valence electrons. The molecule has 1 saturated carbocycles. The number of benzene rings is 1. The van der Waals surface area contributed by atoms with Crippen LogP contribution in [0, 0.1) is 0 Å². The van der Waals surface area contributed by atoms with Crippen LogP contribution in [-0.4, -0.2) is 39.4 Å². The molecule has 0 radical (unpaired) electrons. The second kappa shape index (κ2) is 7.72. The minimum atomic E-state index is -0.189. The van der Waals surface area contributed by atoms with Crippen molar-refractivity contribution in [2.45, 2.75) is 44.7 Å². The zero-order valence-corrected chi connectivity index (χ0v) is 17.4. The largest absolute Gasteiger partial charge is 0.335 e. The lowest BCUT2D eigenvalue weighted by atomic mass is 10.2. The summed E-state index contributed by atoms with van der Waals surface area (Å²) in [6.45, 7) is 1.12. The number of nitrogens with one attached hydrogen (secondary N) is 2. The summed E-state index contributed by atoms with van der Waals surface area (Å²) in [6, 6.07) is 7.87. The van der Waals surface area contributed by atoms with Gasteiger partial charge < -0.3 is 10.2 Å². The second-order valence-electron chi connectivity index (χ2n) is 7.43. The normalized spacial score (nSPS) is 16.8. The maximum Gasteiger partial charge on any atom is 0.321 e. The smallest absolute Gasteiger partial charge is 0.321 e. The van der Waals surface area contributed by atoms with Gasteiger partial charge in [-0.2, -0.15) is 0 Å². The average Bonchev–Trinajstić information content (AvgIpc) is 3.45. The third-order valence-electron chi connectivity index (χ3n) is 5.41. The fourth-order valence-electron chi connectivity index (χ4n) is 3.91. The molecule has 1 aliphatic carbocycles. The lowest BCUT2D eigenvalue weighted by Crippen LogP contribution is -2.36. The summed E-state index contributed by atoms with van der Waals surface area (Å²) in [6.07, 6.45) is 5.13. The summed E-state index contributed by atoms with van der Waals surface area (Å²) < 4.78 is 1.02. The van der Waals surface area contributed by atoms with E-state index in [0.717, 1.165) is 33.6 Å². The Morgan fingerprint density at radius 1 is 1.10 bits per heavy atom. The molecule has 9 heteroatoms. The van der Waals surface area contributed by atoms with Gasteiger partial charge in [-0.3, -0.25) is 10.1 Å². The number of amides is 3. The van der Waals surface area contributed by atoms with Gasteiger partial charge in [0, 0.05) is 23.9 Å². The molecule has 3 aromatic rings. The Balaban J connectivity index is 1.25. The molecule has 2 aromatic heterocycles. The Kier molecular flexibility index (Phi) is 4.92. The van der Waals surface area contributed by atoms with Gasteiger partial charge in [-0.1, -0.05) is 36.3 Å². The summed E-state index contributed by atoms with van der Waals surface area (Å²) in [5.74, 6) is -0.0428. The Morgan fingerprint density at radius 3 is 2.76 bits per heavy atom. The topological polar surface area (TPSA) is 87.2 Å². The number of thiazole rings is 2. The van der Waals surface area contributed by atoms with Gasteiger partial charge >= 0.3 is 6.03 Å². The number of carbonyl (C=O) groups is 2. The molecule has 0 saturated heterocycles. The highest BCUT2D eigenvalue weighted by Crippen LogP contribution is 2.30. The van der Waals surface area contributed by atoms with Gasteiger partial charge in [-0.15, -0.1) is 11.3 Å². The van der Waals surface area contributed by atoms with Gasteiger partial charge in [-0.25, -0.2) is 14.8 Å². The SMILES string of the molecule is O=C(Nc1nc2c(s1)CN(C(=O)c1nc3ccccc3s1)CC2)NC1CCCC1. The molecule has 5 rings (SSSR count). The highest BCUT2D eigenvalue weighted by atomic mass is 32.1. The van der Waals surface area contributed by atoms with Crippen molar-refractivity contribution in [1.29, 1.82) is 0 Å². The van der Waals surface area contributed by atoms with E-state index in [9.17, 15) is 9.59 Å². The number of hydrogen-bond donors (Lipinski definition) is 2. The van der Waals surface area contributed by atoms with E-state index in [1.807, 2.05) is 29.2 Å². The zero-order valence-electron chi connectivity index (χ0n) is 15.8. The van der Waals surface area contributed by atoms with E-state index < -0.39 is 0 Å². The number of hydrogen-bond acceptors (Lipinski definition) is 6. The first-order valence-corrected chi connectivity index (χ1v) is 11.5. The fraction of sp³-hybridized carbons (Fsp3) is 0.400. The molecule has 1 aromatic carbocycles. The van der Waals surface area contributed by atoms with Gasteiger partial charge in [0.15, 0.2) is 10.1 Å². The Labute approximate surface area is 176 Å². The first kappa shape index (κ1) is 18.5. The van der Waals surface area contributed by atoms with Gasteiger partial charge in [0.1, 0.15) is 0 Å². The van der Waals surface area contributed by atoms with Crippen molar-refractivity contribution in [2.75, 3.05) is 11.9 Å². The van der Waals surface area contributed by atoms with E-state index in [4.69, 9.17) is 0 Å². The van der Waals surface area contributed by atoms with Gasteiger partial charge in [0.05, 0.1) is 22.5 Å². The van der Waals surface area contributed by atoms with E-state index in [0.29, 0.717) is 29.6 Å². The highest BCUT2D eigenvalue weighted by Gasteiger charge is 2.27. The molecule has 0 unspecified atom stereocenters. The summed E-state index contributed by atoms with van der Waals surface area (Å²) in [5, 5.41) is 7.00. The van der Waals surface area contributed by atoms with Gasteiger partial charge in [0.25, 0.3) is 5.91 Å². The lowest BCUT2D eigenvalue weighted by Gasteiger charge is -2.25. The summed E-state index contributed by atoms with van der Waals surface area (Å²) in [7, 11) is 0. The van der Waals surface area contributed by atoms with Crippen molar-refractivity contribution in [3.05, 3.63) is 39.8 Å². The molecule has 7 nitrogen and oxygen atoms in total. The Hall–Kier alpha value is -2.52. The molecule has 0 spiro atoms. The molecule has 3 amide bonds. The molecule has 2 N–H and O–H groups in total. The van der Waals surface area contributed by atoms with Crippen LogP contribution in [0.5, 0.6) is 0 Å². The van der Waals surface area contributed by atoms with Crippen LogP contribution in [0.15, 0.2) is 24.3 Å². The van der Waals surface area contributed by atoms with E-state index in [1.54, 1.807) is 0 Å². The Bertz CT molecular complexity index is 1040. The molecule has 1 aliphatic heterocycles. The number of urea groups is 1. The van der Waals surface area contributed by atoms with Gasteiger partial charge in [0.2, 0.25) is 0 Å². The third kappa shape index (κ3) is 3.84. The average molecular weight is 428 g/mol. The van der Waals surface area contributed by atoms with Crippen LogP contribution in [0.25, 0.3) is 10.2 Å². The molecule has 1 fully saturated rings. The number of anilines is 1. The van der Waals surface area contributed by atoms with E-state index in [-0.39, 0.29) is 18.0 Å². The number of fused-ring (bicyclic) bond motifs is 2. The van der Waals surface area contributed by atoms with Crippen LogP contribution in [0.3, 0.4) is 0 Å². The van der Waals surface area contributed by atoms with Crippen molar-refractivity contribution in [2.24, 2.45) is 0 Å². The first-order valence-electron chi connectivity index (χ1n) is 9.86. The highest BCUT2D eigenvalue weighted by molar-refractivity contribution is 7.20. The first-order chi connectivity index (χ1) is 14.2. The van der Waals surface area contributed by atoms with Crippen molar-refractivity contribution >= 4 is 50.0 Å². The minimum absolute atomic E-state index is 0.0428. The molecule has 0 atom stereocenters. The Morgan fingerprint density at radius 2 is 1.93 bits per heavy atom. The van der Waals surface area contributed by atoms with Crippen LogP contribution in [0.2, 0.25) is 0 Å². The molecular weight excluding hydrogens is 406 g/mol. The quantitative estimate of drug-likeness (QED) is 0.661. The van der Waals surface area contributed by atoms with Crippen LogP contribution >= 0.6 is 22.7 Å². The van der Waals surface area contributed by atoms with Crippen molar-refractivity contribution in [3.63, 3.8) is 0 Å². The number of nitrogens with zero attached hydrogens (tertiary/aromatic N) is 3. The van der Waals surface area contributed by atoms with Gasteiger partial charge in [-0.05, 0) is 25.0 Å². The van der Waals surface area contributed by atoms with Crippen molar-refractivity contribution < 1.29 is 9.59 Å². The predicted molar refractivity (Wildman–Crippen MR) is 115 cm³/mol. The fourth-order valence-corrected chi connectivity index (χ4v) is 5.86. The van der Waals surface area contributed by atoms with Crippen molar-refractivity contribution in [1.82, 2.24) is 20.2 Å². The second-order valence-corrected chi connectivity index (χ2v) is 9.55. The maximum atomic E-state index is 12.9.